The van der Waals surface area contributed by atoms with Crippen molar-refractivity contribution in [2.45, 2.75) is 56.8 Å². The zero-order chi connectivity index (χ0) is 27.4. The third kappa shape index (κ3) is 9.96. The van der Waals surface area contributed by atoms with Crippen LogP contribution in [0.15, 0.2) is 30.0 Å². The van der Waals surface area contributed by atoms with Crippen molar-refractivity contribution in [2.75, 3.05) is 6.54 Å². The van der Waals surface area contributed by atoms with Crippen molar-refractivity contribution in [3.8, 4) is 0 Å². The Hall–Kier alpha value is -4.47. The normalized spacial score (nSPS) is 14.0. The molecular weight excluding hydrogens is 486 g/mol. The molecule has 4 unspecified atom stereocenters. The zero-order valence-electron chi connectivity index (χ0n) is 20.3. The summed E-state index contributed by atoms with van der Waals surface area (Å²) in [7, 11) is 0. The molecule has 3 amide bonds. The number of nitrogens with two attached hydrogens (primary N) is 3. The zero-order valence-corrected chi connectivity index (χ0v) is 20.3. The monoisotopic (exact) mass is 519 g/mol. The molecule has 0 aliphatic heterocycles. The highest BCUT2D eigenvalue weighted by Crippen LogP contribution is 2.04. The first-order valence-corrected chi connectivity index (χ1v) is 11.5. The summed E-state index contributed by atoms with van der Waals surface area (Å²) in [5, 5.41) is 17.0. The largest absolute Gasteiger partial charge is 0.480 e. The van der Waals surface area contributed by atoms with Crippen LogP contribution in [-0.4, -0.2) is 85.4 Å². The van der Waals surface area contributed by atoms with E-state index in [-0.39, 0.29) is 25.2 Å². The Balaban J connectivity index is 2.00. The van der Waals surface area contributed by atoms with Crippen LogP contribution in [0.4, 0.5) is 0 Å². The fourth-order valence-corrected chi connectivity index (χ4v) is 3.25. The van der Waals surface area contributed by atoms with Crippen molar-refractivity contribution in [2.24, 2.45) is 22.2 Å². The summed E-state index contributed by atoms with van der Waals surface area (Å²) >= 11 is 0. The van der Waals surface area contributed by atoms with Crippen molar-refractivity contribution in [3.05, 3.63) is 36.4 Å². The number of hydrogen-bond donors (Lipinski definition) is 9. The van der Waals surface area contributed by atoms with Gasteiger partial charge in [-0.05, 0) is 19.8 Å². The maximum absolute atomic E-state index is 13.0. The minimum absolute atomic E-state index is 0.00105. The predicted octanol–water partition coefficient (Wildman–Crippen LogP) is -3.14. The third-order valence-electron chi connectivity index (χ3n) is 5.26. The fraction of sp³-hybridized carbons (Fsp3) is 0.476. The summed E-state index contributed by atoms with van der Waals surface area (Å²) in [6, 6.07) is -4.37. The lowest BCUT2D eigenvalue weighted by Gasteiger charge is -2.23. The lowest BCUT2D eigenvalue weighted by Crippen LogP contribution is -2.57. The highest BCUT2D eigenvalue weighted by molar-refractivity contribution is 5.94. The molecule has 2 aromatic heterocycles. The van der Waals surface area contributed by atoms with Crippen LogP contribution in [0.3, 0.4) is 0 Å². The van der Waals surface area contributed by atoms with Crippen molar-refractivity contribution in [1.82, 2.24) is 35.9 Å². The summed E-state index contributed by atoms with van der Waals surface area (Å²) in [5.41, 5.74) is 17.4. The molecule has 0 saturated heterocycles. The second-order valence-corrected chi connectivity index (χ2v) is 8.31. The van der Waals surface area contributed by atoms with Gasteiger partial charge in [0.05, 0.1) is 18.7 Å². The molecule has 0 aromatic carbocycles. The van der Waals surface area contributed by atoms with Gasteiger partial charge in [-0.25, -0.2) is 14.8 Å². The van der Waals surface area contributed by atoms with E-state index in [0.29, 0.717) is 24.4 Å². The number of nitrogens with one attached hydrogen (secondary N) is 5. The number of aromatic nitrogens is 4. The van der Waals surface area contributed by atoms with E-state index < -0.39 is 47.9 Å². The Morgan fingerprint density at radius 3 is 2.03 bits per heavy atom. The Morgan fingerprint density at radius 1 is 0.946 bits per heavy atom. The Bertz CT molecular complexity index is 1050. The maximum atomic E-state index is 13.0. The predicted molar refractivity (Wildman–Crippen MR) is 132 cm³/mol. The first-order valence-electron chi connectivity index (χ1n) is 11.5. The molecule has 0 aliphatic carbocycles. The molecule has 2 aromatic rings. The molecule has 2 rings (SSSR count). The van der Waals surface area contributed by atoms with Gasteiger partial charge in [-0.3, -0.25) is 19.4 Å². The van der Waals surface area contributed by atoms with Crippen LogP contribution >= 0.6 is 0 Å². The molecule has 0 fully saturated rings. The molecule has 0 radical (unpaired) electrons. The van der Waals surface area contributed by atoms with E-state index in [2.05, 4.69) is 40.9 Å². The molecular formula is C21H33N11O5. The van der Waals surface area contributed by atoms with Crippen LogP contribution in [-0.2, 0) is 32.0 Å². The van der Waals surface area contributed by atoms with E-state index >= 15 is 0 Å². The van der Waals surface area contributed by atoms with Gasteiger partial charge in [0.2, 0.25) is 17.7 Å². The van der Waals surface area contributed by atoms with Gasteiger partial charge >= 0.3 is 5.97 Å². The van der Waals surface area contributed by atoms with E-state index in [9.17, 15) is 24.3 Å². The second kappa shape index (κ2) is 14.2. The number of aliphatic imine (C=N–C) groups is 1. The molecule has 16 nitrogen and oxygen atoms in total. The number of carboxylic acids is 1. The number of H-pyrrole nitrogens is 2. The first kappa shape index (κ1) is 28.8. The minimum atomic E-state index is -1.27. The van der Waals surface area contributed by atoms with E-state index in [1.165, 1.54) is 32.0 Å². The summed E-state index contributed by atoms with van der Waals surface area (Å²) in [6.45, 7) is 1.74. The molecule has 0 aliphatic rings. The first-order chi connectivity index (χ1) is 17.6. The van der Waals surface area contributed by atoms with Gasteiger partial charge in [-0.15, -0.1) is 0 Å². The number of amides is 3. The highest BCUT2D eigenvalue weighted by Gasteiger charge is 2.29. The molecule has 37 heavy (non-hydrogen) atoms. The quantitative estimate of drug-likeness (QED) is 0.0647. The summed E-state index contributed by atoms with van der Waals surface area (Å²) in [6.07, 6.45) is 6.42. The van der Waals surface area contributed by atoms with Gasteiger partial charge in [0, 0.05) is 43.2 Å². The smallest absolute Gasteiger partial charge is 0.326 e. The van der Waals surface area contributed by atoms with Crippen molar-refractivity contribution in [1.29, 1.82) is 0 Å². The standard InChI is InChI=1S/C21H33N11O5/c1-11(30-18(34)14(22)3-2-4-27-21(23)24)17(33)31-15(5-12-7-25-9-28-12)19(35)32-16(20(36)37)6-13-8-26-10-29-13/h7-11,14-16H,2-6,22H2,1H3,(H,25,28)(H,26,29)(H,30,34)(H,31,33)(H,32,35)(H,36,37)(H4,23,24,27). The molecule has 12 N–H and O–H groups in total. The number of guanidine groups is 1. The molecule has 202 valence electrons. The van der Waals surface area contributed by atoms with Crippen LogP contribution in [0.5, 0.6) is 0 Å². The van der Waals surface area contributed by atoms with Gasteiger partial charge < -0.3 is 48.2 Å². The number of rotatable bonds is 15. The average Bonchev–Trinajstić information content (AvgIpc) is 3.54. The van der Waals surface area contributed by atoms with Crippen molar-refractivity contribution in [3.63, 3.8) is 0 Å². The van der Waals surface area contributed by atoms with E-state index in [0.717, 1.165) is 0 Å². The number of imidazole rings is 2. The summed E-state index contributed by atoms with van der Waals surface area (Å²) in [4.78, 5) is 67.0. The Labute approximate surface area is 212 Å². The van der Waals surface area contributed by atoms with Gasteiger partial charge in [0.15, 0.2) is 5.96 Å². The fourth-order valence-electron chi connectivity index (χ4n) is 3.25. The summed E-state index contributed by atoms with van der Waals surface area (Å²) in [5.74, 6) is -3.28. The Morgan fingerprint density at radius 2 is 1.51 bits per heavy atom. The number of aliphatic carboxylic acids is 1. The third-order valence-corrected chi connectivity index (χ3v) is 5.26. The van der Waals surface area contributed by atoms with E-state index in [1.807, 2.05) is 0 Å². The van der Waals surface area contributed by atoms with Gasteiger partial charge in [0.1, 0.15) is 18.1 Å². The van der Waals surface area contributed by atoms with E-state index in [4.69, 9.17) is 17.2 Å². The molecule has 2 heterocycles. The lowest BCUT2D eigenvalue weighted by molar-refractivity contribution is -0.142. The number of carbonyl (C=O) groups excluding carboxylic acids is 3. The number of hydrogen-bond acceptors (Lipinski definition) is 8. The number of aromatic amines is 2. The molecule has 0 saturated carbocycles. The molecule has 4 atom stereocenters. The highest BCUT2D eigenvalue weighted by atomic mass is 16.4. The van der Waals surface area contributed by atoms with E-state index in [1.54, 1.807) is 0 Å². The lowest BCUT2D eigenvalue weighted by atomic mass is 10.1. The number of carbonyl (C=O) groups is 4. The molecule has 16 heteroatoms. The van der Waals surface area contributed by atoms with Gasteiger partial charge in [0.25, 0.3) is 0 Å². The SMILES string of the molecule is CC(NC(=O)C(N)CCCN=C(N)N)C(=O)NC(Cc1cnc[nH]1)C(=O)NC(Cc1cnc[nH]1)C(=O)O. The van der Waals surface area contributed by atoms with Crippen LogP contribution in [0.25, 0.3) is 0 Å². The molecule has 0 bridgehead atoms. The number of nitrogens with zero attached hydrogens (tertiary/aromatic N) is 3. The minimum Gasteiger partial charge on any atom is -0.480 e. The van der Waals surface area contributed by atoms with Gasteiger partial charge in [-0.2, -0.15) is 0 Å². The Kier molecular flexibility index (Phi) is 11.0. The average molecular weight is 520 g/mol. The van der Waals surface area contributed by atoms with Crippen LogP contribution in [0.1, 0.15) is 31.2 Å². The number of carboxylic acid groups (broad SMARTS) is 1. The molecule has 0 spiro atoms. The van der Waals surface area contributed by atoms with Crippen LogP contribution < -0.4 is 33.2 Å². The van der Waals surface area contributed by atoms with Crippen LogP contribution in [0, 0.1) is 0 Å². The maximum Gasteiger partial charge on any atom is 0.326 e. The van der Waals surface area contributed by atoms with Crippen molar-refractivity contribution >= 4 is 29.7 Å². The van der Waals surface area contributed by atoms with Crippen LogP contribution in [0.2, 0.25) is 0 Å². The van der Waals surface area contributed by atoms with Gasteiger partial charge in [-0.1, -0.05) is 0 Å². The van der Waals surface area contributed by atoms with Crippen molar-refractivity contribution < 1.29 is 24.3 Å². The topological polar surface area (TPSA) is 272 Å². The second-order valence-electron chi connectivity index (χ2n) is 8.31. The summed E-state index contributed by atoms with van der Waals surface area (Å²) < 4.78 is 0.